The van der Waals surface area contributed by atoms with E-state index in [9.17, 15) is 14.4 Å². The number of ether oxygens (including phenoxy) is 3. The van der Waals surface area contributed by atoms with Gasteiger partial charge >= 0.3 is 17.9 Å². The fourth-order valence-electron chi connectivity index (χ4n) is 10.8. The van der Waals surface area contributed by atoms with Gasteiger partial charge in [-0.1, -0.05) is 345 Å². The Morgan fingerprint density at radius 2 is 0.476 bits per heavy atom. The van der Waals surface area contributed by atoms with Gasteiger partial charge < -0.3 is 14.2 Å². The highest BCUT2D eigenvalue weighted by molar-refractivity contribution is 5.71. The van der Waals surface area contributed by atoms with Crippen molar-refractivity contribution in [1.82, 2.24) is 0 Å². The standard InChI is InChI=1S/C76H138O6/c1-4-7-10-13-16-19-22-25-28-30-32-34-36-38-40-42-44-46-48-51-54-57-60-63-66-69-75(78)81-72-73(71-80-74(77)68-65-62-59-56-53-50-27-24-21-18-15-12-9-6-3)82-76(79)70-67-64-61-58-55-52-49-47-45-43-41-39-37-35-33-31-29-26-23-20-17-14-11-8-5-2/h7,10,16,19,24-25,27-28,32,34,73H,4-6,8-9,11-15,17-18,20-23,26,29-31,33,35-72H2,1-3H3/b10-7-,19-16-,27-24-,28-25-,34-32-. The van der Waals surface area contributed by atoms with Gasteiger partial charge in [0.1, 0.15) is 13.2 Å². The molecule has 0 amide bonds. The molecular formula is C76H138O6. The minimum atomic E-state index is -0.778. The van der Waals surface area contributed by atoms with Crippen LogP contribution in [0.2, 0.25) is 0 Å². The minimum absolute atomic E-state index is 0.0735. The third-order valence-electron chi connectivity index (χ3n) is 16.3. The van der Waals surface area contributed by atoms with E-state index < -0.39 is 6.10 Å². The molecule has 1 unspecified atom stereocenters. The van der Waals surface area contributed by atoms with Crippen molar-refractivity contribution >= 4 is 17.9 Å². The van der Waals surface area contributed by atoms with E-state index in [0.29, 0.717) is 19.3 Å². The van der Waals surface area contributed by atoms with E-state index >= 15 is 0 Å². The van der Waals surface area contributed by atoms with Crippen LogP contribution in [0.25, 0.3) is 0 Å². The smallest absolute Gasteiger partial charge is 0.306 e. The normalized spacial score (nSPS) is 12.4. The molecule has 478 valence electrons. The summed E-state index contributed by atoms with van der Waals surface area (Å²) in [5.74, 6) is -0.857. The minimum Gasteiger partial charge on any atom is -0.462 e. The Morgan fingerprint density at radius 1 is 0.256 bits per heavy atom. The Kier molecular flexibility index (Phi) is 68.1. The lowest BCUT2D eigenvalue weighted by Gasteiger charge is -2.18. The largest absolute Gasteiger partial charge is 0.462 e. The van der Waals surface area contributed by atoms with Crippen molar-refractivity contribution in [1.29, 1.82) is 0 Å². The zero-order valence-electron chi connectivity index (χ0n) is 55.0. The van der Waals surface area contributed by atoms with E-state index in [4.69, 9.17) is 14.2 Å². The molecule has 0 N–H and O–H groups in total. The maximum absolute atomic E-state index is 13.0. The molecule has 6 heteroatoms. The predicted octanol–water partition coefficient (Wildman–Crippen LogP) is 25.1. The SMILES string of the molecule is CC/C=C\C/C=C\C/C=C\C/C=C\CCCCCCCCCCCCCCC(=O)OCC(COC(=O)CCCCCCC/C=C\CCCCCCC)OC(=O)CCCCCCCCCCCCCCCCCCCCCCCCCCC. The lowest BCUT2D eigenvalue weighted by Crippen LogP contribution is -2.30. The molecular weight excluding hydrogens is 1010 g/mol. The first kappa shape index (κ1) is 79.1. The van der Waals surface area contributed by atoms with E-state index in [2.05, 4.69) is 81.5 Å². The molecule has 0 radical (unpaired) electrons. The Balaban J connectivity index is 4.26. The van der Waals surface area contributed by atoms with Gasteiger partial charge in [0, 0.05) is 19.3 Å². The maximum atomic E-state index is 13.0. The molecule has 0 spiro atoms. The first-order valence-corrected chi connectivity index (χ1v) is 36.3. The van der Waals surface area contributed by atoms with Crippen LogP contribution in [-0.2, 0) is 28.6 Å². The third-order valence-corrected chi connectivity index (χ3v) is 16.3. The number of carbonyl (C=O) groups excluding carboxylic acids is 3. The number of esters is 3. The van der Waals surface area contributed by atoms with Crippen molar-refractivity contribution in [3.8, 4) is 0 Å². The molecule has 82 heavy (non-hydrogen) atoms. The second kappa shape index (κ2) is 70.6. The average Bonchev–Trinajstić information content (AvgIpc) is 3.47. The van der Waals surface area contributed by atoms with Crippen LogP contribution in [0.15, 0.2) is 60.8 Å². The van der Waals surface area contributed by atoms with E-state index in [-0.39, 0.29) is 31.1 Å². The molecule has 6 nitrogen and oxygen atoms in total. The van der Waals surface area contributed by atoms with Crippen molar-refractivity contribution in [3.05, 3.63) is 60.8 Å². The van der Waals surface area contributed by atoms with Gasteiger partial charge in [0.05, 0.1) is 0 Å². The summed E-state index contributed by atoms with van der Waals surface area (Å²) in [6.45, 7) is 6.58. The molecule has 0 fully saturated rings. The predicted molar refractivity (Wildman–Crippen MR) is 358 cm³/mol. The summed E-state index contributed by atoms with van der Waals surface area (Å²) in [5.41, 5.74) is 0. The van der Waals surface area contributed by atoms with Crippen molar-refractivity contribution in [3.63, 3.8) is 0 Å². The zero-order chi connectivity index (χ0) is 59.2. The first-order valence-electron chi connectivity index (χ1n) is 36.3. The molecule has 0 aromatic heterocycles. The number of hydrogen-bond donors (Lipinski definition) is 0. The summed E-state index contributed by atoms with van der Waals surface area (Å²) in [6, 6.07) is 0. The summed E-state index contributed by atoms with van der Waals surface area (Å²) in [6.07, 6.45) is 91.1. The van der Waals surface area contributed by atoms with Crippen LogP contribution >= 0.6 is 0 Å². The van der Waals surface area contributed by atoms with Gasteiger partial charge in [0.15, 0.2) is 6.10 Å². The summed E-state index contributed by atoms with van der Waals surface area (Å²) < 4.78 is 17.0. The van der Waals surface area contributed by atoms with Crippen molar-refractivity contribution in [2.75, 3.05) is 13.2 Å². The molecule has 0 heterocycles. The monoisotopic (exact) mass is 1150 g/mol. The number of rotatable bonds is 67. The van der Waals surface area contributed by atoms with Gasteiger partial charge in [-0.3, -0.25) is 14.4 Å². The Morgan fingerprint density at radius 3 is 0.756 bits per heavy atom. The highest BCUT2D eigenvalue weighted by Gasteiger charge is 2.19. The first-order chi connectivity index (χ1) is 40.5. The van der Waals surface area contributed by atoms with Crippen molar-refractivity contribution in [2.24, 2.45) is 0 Å². The summed E-state index contributed by atoms with van der Waals surface area (Å²) in [7, 11) is 0. The molecule has 0 bridgehead atoms. The van der Waals surface area contributed by atoms with Crippen LogP contribution in [0.4, 0.5) is 0 Å². The Hall–Kier alpha value is -2.89. The van der Waals surface area contributed by atoms with E-state index in [1.807, 2.05) is 0 Å². The molecule has 0 saturated heterocycles. The zero-order valence-corrected chi connectivity index (χ0v) is 55.0. The lowest BCUT2D eigenvalue weighted by atomic mass is 10.0. The van der Waals surface area contributed by atoms with Gasteiger partial charge in [-0.25, -0.2) is 0 Å². The Bertz CT molecular complexity index is 1460. The lowest BCUT2D eigenvalue weighted by molar-refractivity contribution is -0.167. The van der Waals surface area contributed by atoms with Gasteiger partial charge in [0.25, 0.3) is 0 Å². The average molecular weight is 1150 g/mol. The van der Waals surface area contributed by atoms with Gasteiger partial charge in [-0.2, -0.15) is 0 Å². The Labute approximate surface area is 510 Å². The summed E-state index contributed by atoms with van der Waals surface area (Å²) in [5, 5.41) is 0. The third kappa shape index (κ3) is 67.9. The second-order valence-electron chi connectivity index (χ2n) is 24.5. The van der Waals surface area contributed by atoms with Crippen molar-refractivity contribution in [2.45, 2.75) is 393 Å². The molecule has 0 aliphatic carbocycles. The highest BCUT2D eigenvalue weighted by atomic mass is 16.6. The second-order valence-corrected chi connectivity index (χ2v) is 24.5. The van der Waals surface area contributed by atoms with Crippen LogP contribution in [-0.4, -0.2) is 37.2 Å². The highest BCUT2D eigenvalue weighted by Crippen LogP contribution is 2.19. The number of allylic oxidation sites excluding steroid dienone is 10. The van der Waals surface area contributed by atoms with Crippen LogP contribution < -0.4 is 0 Å². The number of carbonyl (C=O) groups is 3. The van der Waals surface area contributed by atoms with Gasteiger partial charge in [-0.05, 0) is 83.5 Å². The fourth-order valence-corrected chi connectivity index (χ4v) is 10.8. The van der Waals surface area contributed by atoms with E-state index in [1.54, 1.807) is 0 Å². The van der Waals surface area contributed by atoms with Crippen LogP contribution in [0.1, 0.15) is 387 Å². The molecule has 0 rings (SSSR count). The van der Waals surface area contributed by atoms with Crippen molar-refractivity contribution < 1.29 is 28.6 Å². The number of unbranched alkanes of at least 4 members (excludes halogenated alkanes) is 46. The van der Waals surface area contributed by atoms with Crippen LogP contribution in [0, 0.1) is 0 Å². The van der Waals surface area contributed by atoms with Crippen LogP contribution in [0.5, 0.6) is 0 Å². The molecule has 1 atom stereocenters. The molecule has 0 aliphatic heterocycles. The maximum Gasteiger partial charge on any atom is 0.306 e. The van der Waals surface area contributed by atoms with Crippen LogP contribution in [0.3, 0.4) is 0 Å². The number of hydrogen-bond acceptors (Lipinski definition) is 6. The molecule has 0 aliphatic rings. The summed E-state index contributed by atoms with van der Waals surface area (Å²) >= 11 is 0. The fraction of sp³-hybridized carbons (Fsp3) is 0.829. The topological polar surface area (TPSA) is 78.9 Å². The summed E-state index contributed by atoms with van der Waals surface area (Å²) in [4.78, 5) is 38.5. The van der Waals surface area contributed by atoms with E-state index in [0.717, 1.165) is 89.9 Å². The molecule has 0 aromatic carbocycles. The van der Waals surface area contributed by atoms with Gasteiger partial charge in [-0.15, -0.1) is 0 Å². The molecule has 0 saturated carbocycles. The van der Waals surface area contributed by atoms with Gasteiger partial charge in [0.2, 0.25) is 0 Å². The molecule has 0 aromatic rings. The quantitative estimate of drug-likeness (QED) is 0.0261. The van der Waals surface area contributed by atoms with E-state index in [1.165, 1.54) is 257 Å².